The number of aromatic nitrogens is 2. The van der Waals surface area contributed by atoms with Crippen LogP contribution in [-0.2, 0) is 8.03 Å². The molecule has 0 fully saturated rings. The van der Waals surface area contributed by atoms with E-state index in [1.807, 2.05) is 25.1 Å². The lowest BCUT2D eigenvalue weighted by Crippen LogP contribution is -2.20. The Morgan fingerprint density at radius 3 is 2.63 bits per heavy atom. The van der Waals surface area contributed by atoms with Gasteiger partial charge in [-0.2, -0.15) is 0 Å². The molecule has 1 aliphatic rings. The van der Waals surface area contributed by atoms with Crippen molar-refractivity contribution in [2.75, 3.05) is 5.32 Å². The van der Waals surface area contributed by atoms with Crippen LogP contribution >= 0.6 is 31.9 Å². The molecule has 0 radical (unpaired) electrons. The molecule has 0 spiro atoms. The number of fused-ring (bicyclic) bond motifs is 1. The molecule has 0 aliphatic carbocycles. The van der Waals surface area contributed by atoms with Crippen molar-refractivity contribution in [2.24, 2.45) is 0 Å². The van der Waals surface area contributed by atoms with Crippen molar-refractivity contribution >= 4 is 43.6 Å². The summed E-state index contributed by atoms with van der Waals surface area (Å²) in [6.07, 6.45) is 3.47. The first-order valence-electron chi connectivity index (χ1n) is 5.62. The third kappa shape index (κ3) is 1.99. The number of aryl methyl sites for hydroxylation is 1. The highest BCUT2D eigenvalue weighted by Crippen LogP contribution is 2.48. The van der Waals surface area contributed by atoms with E-state index < -0.39 is 3.23 Å². The van der Waals surface area contributed by atoms with Gasteiger partial charge in [-0.3, -0.25) is 9.78 Å². The number of hydrogen-bond donors (Lipinski definition) is 1. The van der Waals surface area contributed by atoms with Gasteiger partial charge in [0.1, 0.15) is 5.82 Å². The number of nitrogens with zero attached hydrogens (tertiary/aromatic N) is 2. The summed E-state index contributed by atoms with van der Waals surface area (Å²) in [7, 11) is 0. The van der Waals surface area contributed by atoms with E-state index in [4.69, 9.17) is 0 Å². The summed E-state index contributed by atoms with van der Waals surface area (Å²) in [5, 5.41) is 2.75. The van der Waals surface area contributed by atoms with Gasteiger partial charge in [-0.05, 0) is 30.7 Å². The van der Waals surface area contributed by atoms with Crippen LogP contribution in [0.1, 0.15) is 11.3 Å². The van der Waals surface area contributed by atoms with E-state index in [1.54, 1.807) is 12.4 Å². The zero-order valence-electron chi connectivity index (χ0n) is 9.95. The van der Waals surface area contributed by atoms with Gasteiger partial charge in [-0.15, -0.1) is 0 Å². The van der Waals surface area contributed by atoms with Crippen LogP contribution in [0.15, 0.2) is 30.6 Å². The molecule has 2 aromatic rings. The van der Waals surface area contributed by atoms with Gasteiger partial charge >= 0.3 is 0 Å². The lowest BCUT2D eigenvalue weighted by Gasteiger charge is -2.13. The molecule has 1 amide bonds. The molecular formula is C13H9Br2N3O. The highest BCUT2D eigenvalue weighted by Gasteiger charge is 2.43. The van der Waals surface area contributed by atoms with Gasteiger partial charge < -0.3 is 5.32 Å². The maximum absolute atomic E-state index is 11.9. The van der Waals surface area contributed by atoms with Crippen LogP contribution in [0.2, 0.25) is 0 Å². The quantitative estimate of drug-likeness (QED) is 0.769. The molecule has 2 aromatic heterocycles. The van der Waals surface area contributed by atoms with Gasteiger partial charge in [0.05, 0.1) is 0 Å². The Kier molecular flexibility index (Phi) is 2.94. The number of nitrogens with one attached hydrogen (secondary N) is 1. The van der Waals surface area contributed by atoms with E-state index in [0.29, 0.717) is 5.82 Å². The van der Waals surface area contributed by atoms with Crippen LogP contribution in [0.25, 0.3) is 11.1 Å². The van der Waals surface area contributed by atoms with Gasteiger partial charge in [-0.25, -0.2) is 4.98 Å². The van der Waals surface area contributed by atoms with Crippen molar-refractivity contribution < 1.29 is 4.79 Å². The van der Waals surface area contributed by atoms with E-state index in [1.165, 1.54) is 0 Å². The second kappa shape index (κ2) is 4.38. The van der Waals surface area contributed by atoms with Crippen molar-refractivity contribution in [3.8, 4) is 11.1 Å². The number of halogens is 2. The van der Waals surface area contributed by atoms with Crippen LogP contribution in [-0.4, -0.2) is 15.9 Å². The highest BCUT2D eigenvalue weighted by molar-refractivity contribution is 9.25. The van der Waals surface area contributed by atoms with Crippen LogP contribution in [0.4, 0.5) is 5.82 Å². The zero-order chi connectivity index (χ0) is 13.6. The Morgan fingerprint density at radius 1 is 1.26 bits per heavy atom. The molecule has 1 aliphatic heterocycles. The summed E-state index contributed by atoms with van der Waals surface area (Å²) in [6.45, 7) is 1.92. The average molecular weight is 383 g/mol. The molecule has 6 heteroatoms. The van der Waals surface area contributed by atoms with E-state index in [0.717, 1.165) is 22.4 Å². The topological polar surface area (TPSA) is 54.9 Å². The number of alkyl halides is 2. The molecule has 3 rings (SSSR count). The van der Waals surface area contributed by atoms with Gasteiger partial charge in [-0.1, -0.05) is 31.9 Å². The van der Waals surface area contributed by atoms with Crippen LogP contribution < -0.4 is 5.32 Å². The van der Waals surface area contributed by atoms with Gasteiger partial charge in [0.25, 0.3) is 5.91 Å². The third-order valence-electron chi connectivity index (χ3n) is 3.06. The van der Waals surface area contributed by atoms with E-state index in [9.17, 15) is 4.79 Å². The van der Waals surface area contributed by atoms with E-state index in [-0.39, 0.29) is 5.91 Å². The van der Waals surface area contributed by atoms with Gasteiger partial charge in [0.2, 0.25) is 0 Å². The lowest BCUT2D eigenvalue weighted by atomic mass is 10.0. The number of amides is 1. The average Bonchev–Trinajstić information content (AvgIpc) is 2.60. The van der Waals surface area contributed by atoms with Crippen molar-refractivity contribution in [2.45, 2.75) is 10.2 Å². The summed E-state index contributed by atoms with van der Waals surface area (Å²) in [4.78, 5) is 20.3. The van der Waals surface area contributed by atoms with Crippen molar-refractivity contribution in [1.82, 2.24) is 9.97 Å². The van der Waals surface area contributed by atoms with Crippen molar-refractivity contribution in [3.05, 3.63) is 41.9 Å². The van der Waals surface area contributed by atoms with Gasteiger partial charge in [0, 0.05) is 29.2 Å². The monoisotopic (exact) mass is 381 g/mol. The minimum absolute atomic E-state index is 0.165. The number of carbonyl (C=O) groups excluding carboxylic acids is 1. The van der Waals surface area contributed by atoms with E-state index in [2.05, 4.69) is 47.1 Å². The Morgan fingerprint density at radius 2 is 1.95 bits per heavy atom. The Hall–Kier alpha value is -1.27. The summed E-state index contributed by atoms with van der Waals surface area (Å²) in [6, 6.07) is 5.81. The largest absolute Gasteiger partial charge is 0.308 e. The number of carbonyl (C=O) groups is 1. The third-order valence-corrected chi connectivity index (χ3v) is 4.63. The second-order valence-corrected chi connectivity index (χ2v) is 7.73. The SMILES string of the molecule is Cc1nc2c(cc1-c1ccncc1)C(Br)(Br)C(=O)N2. The molecule has 0 atom stereocenters. The smallest absolute Gasteiger partial charge is 0.258 e. The van der Waals surface area contributed by atoms with Crippen LogP contribution in [0.5, 0.6) is 0 Å². The fourth-order valence-electron chi connectivity index (χ4n) is 2.07. The molecule has 3 heterocycles. The van der Waals surface area contributed by atoms with Crippen LogP contribution in [0, 0.1) is 6.92 Å². The molecule has 96 valence electrons. The molecule has 0 saturated heterocycles. The molecule has 0 unspecified atom stereocenters. The molecule has 1 N–H and O–H groups in total. The summed E-state index contributed by atoms with van der Waals surface area (Å²) in [5.41, 5.74) is 3.66. The Bertz CT molecular complexity index is 671. The number of pyridine rings is 2. The summed E-state index contributed by atoms with van der Waals surface area (Å²) in [5.74, 6) is 0.426. The first kappa shape index (κ1) is 12.7. The number of hydrogen-bond acceptors (Lipinski definition) is 3. The molecule has 19 heavy (non-hydrogen) atoms. The lowest BCUT2D eigenvalue weighted by molar-refractivity contribution is -0.115. The second-order valence-electron chi connectivity index (χ2n) is 4.28. The first-order valence-corrected chi connectivity index (χ1v) is 7.20. The standard InChI is InChI=1S/C13H9Br2N3O/c1-7-9(8-2-4-16-5-3-8)6-10-11(17-7)18-12(19)13(10,14)15/h2-6H,1H3,(H,17,18,19). The zero-order valence-corrected chi connectivity index (χ0v) is 13.1. The normalized spacial score (nSPS) is 16.1. The molecular weight excluding hydrogens is 374 g/mol. The number of anilines is 1. The molecule has 4 nitrogen and oxygen atoms in total. The predicted molar refractivity (Wildman–Crippen MR) is 80.4 cm³/mol. The summed E-state index contributed by atoms with van der Waals surface area (Å²) >= 11 is 6.78. The van der Waals surface area contributed by atoms with Gasteiger partial charge in [0.15, 0.2) is 3.23 Å². The highest BCUT2D eigenvalue weighted by atomic mass is 79.9. The number of rotatable bonds is 1. The Balaban J connectivity index is 2.21. The fraction of sp³-hybridized carbons (Fsp3) is 0.154. The fourth-order valence-corrected chi connectivity index (χ4v) is 2.87. The maximum Gasteiger partial charge on any atom is 0.258 e. The Labute approximate surface area is 126 Å². The maximum atomic E-state index is 11.9. The predicted octanol–water partition coefficient (Wildman–Crippen LogP) is 3.35. The molecule has 0 bridgehead atoms. The minimum atomic E-state index is -0.905. The molecule has 0 saturated carbocycles. The van der Waals surface area contributed by atoms with E-state index >= 15 is 0 Å². The summed E-state index contributed by atoms with van der Waals surface area (Å²) < 4.78 is -0.905. The van der Waals surface area contributed by atoms with Crippen molar-refractivity contribution in [3.63, 3.8) is 0 Å². The van der Waals surface area contributed by atoms with Crippen molar-refractivity contribution in [1.29, 1.82) is 0 Å². The first-order chi connectivity index (χ1) is 9.00. The minimum Gasteiger partial charge on any atom is -0.308 e. The molecule has 0 aromatic carbocycles. The van der Waals surface area contributed by atoms with Crippen LogP contribution in [0.3, 0.4) is 0 Å².